The van der Waals surface area contributed by atoms with Crippen LogP contribution in [0.5, 0.6) is 5.75 Å². The number of carboxylic acids is 1. The van der Waals surface area contributed by atoms with Gasteiger partial charge in [-0.25, -0.2) is 9.78 Å². The highest BCUT2D eigenvalue weighted by molar-refractivity contribution is 5.98. The van der Waals surface area contributed by atoms with Crippen molar-refractivity contribution in [1.29, 1.82) is 0 Å². The van der Waals surface area contributed by atoms with E-state index in [1.54, 1.807) is 48.5 Å². The van der Waals surface area contributed by atoms with Gasteiger partial charge in [-0.05, 0) is 64.6 Å². The van der Waals surface area contributed by atoms with Crippen molar-refractivity contribution in [3.8, 4) is 16.9 Å². The minimum absolute atomic E-state index is 0.0542. The number of halogens is 3. The number of para-hydroxylation sites is 1. The summed E-state index contributed by atoms with van der Waals surface area (Å²) < 4.78 is 47.9. The molecule has 6 rings (SSSR count). The zero-order chi connectivity index (χ0) is 33.7. The fourth-order valence-electron chi connectivity index (χ4n) is 5.50. The highest BCUT2D eigenvalue weighted by atomic mass is 19.4. The van der Waals surface area contributed by atoms with Crippen LogP contribution in [0.2, 0.25) is 0 Å². The van der Waals surface area contributed by atoms with Gasteiger partial charge in [-0.1, -0.05) is 66.7 Å². The number of amides is 1. The molecule has 0 aliphatic carbocycles. The molecule has 1 unspecified atom stereocenters. The number of aromatic nitrogens is 3. The second kappa shape index (κ2) is 13.8. The molecule has 0 saturated carbocycles. The average Bonchev–Trinajstić information content (AvgIpc) is 3.60. The number of ether oxygens (including phenoxy) is 1. The molecule has 0 spiro atoms. The summed E-state index contributed by atoms with van der Waals surface area (Å²) in [5.41, 5.74) is 3.78. The number of carbonyl (C=O) groups is 2. The Morgan fingerprint density at radius 3 is 2.38 bits per heavy atom. The summed E-state index contributed by atoms with van der Waals surface area (Å²) in [4.78, 5) is 35.4. The molecule has 2 aromatic heterocycles. The van der Waals surface area contributed by atoms with Crippen LogP contribution in [0.3, 0.4) is 0 Å². The maximum Gasteiger partial charge on any atom is 0.418 e. The zero-order valence-corrected chi connectivity index (χ0v) is 25.4. The van der Waals surface area contributed by atoms with E-state index in [2.05, 4.69) is 20.3 Å². The van der Waals surface area contributed by atoms with Crippen LogP contribution in [-0.2, 0) is 30.4 Å². The molecule has 242 valence electrons. The summed E-state index contributed by atoms with van der Waals surface area (Å²) in [6.45, 7) is 0.148. The number of aliphatic carboxylic acids is 1. The molecule has 1 atom stereocenters. The van der Waals surface area contributed by atoms with Gasteiger partial charge in [0.05, 0.1) is 17.4 Å². The third kappa shape index (κ3) is 7.36. The summed E-state index contributed by atoms with van der Waals surface area (Å²) in [5, 5.41) is 12.5. The van der Waals surface area contributed by atoms with Crippen LogP contribution in [0, 0.1) is 0 Å². The molecule has 0 aliphatic rings. The number of hydrogen-bond donors (Lipinski definition) is 3. The molecule has 1 amide bonds. The highest BCUT2D eigenvalue weighted by Gasteiger charge is 2.33. The van der Waals surface area contributed by atoms with E-state index >= 15 is 0 Å². The molecule has 0 fully saturated rings. The van der Waals surface area contributed by atoms with E-state index in [-0.39, 0.29) is 24.1 Å². The number of pyridine rings is 1. The number of aromatic amines is 1. The number of carbonyl (C=O) groups excluding carboxylic acids is 1. The van der Waals surface area contributed by atoms with E-state index in [1.807, 2.05) is 36.4 Å². The van der Waals surface area contributed by atoms with Crippen molar-refractivity contribution in [3.63, 3.8) is 0 Å². The van der Waals surface area contributed by atoms with Crippen LogP contribution in [-0.4, -0.2) is 38.0 Å². The van der Waals surface area contributed by atoms with Crippen molar-refractivity contribution in [2.75, 3.05) is 0 Å². The lowest BCUT2D eigenvalue weighted by Gasteiger charge is -2.17. The van der Waals surface area contributed by atoms with E-state index < -0.39 is 29.7 Å². The number of carboxylic acid groups (broad SMARTS) is 1. The lowest BCUT2D eigenvalue weighted by molar-refractivity contribution is -0.139. The number of imidazole rings is 1. The summed E-state index contributed by atoms with van der Waals surface area (Å²) >= 11 is 0. The van der Waals surface area contributed by atoms with Crippen LogP contribution in [0.25, 0.3) is 22.0 Å². The van der Waals surface area contributed by atoms with E-state index in [4.69, 9.17) is 4.74 Å². The van der Waals surface area contributed by atoms with E-state index in [0.717, 1.165) is 22.8 Å². The summed E-state index contributed by atoms with van der Waals surface area (Å²) in [6.07, 6.45) is 0.407. The number of nitrogens with one attached hydrogen (secondary N) is 2. The molecule has 48 heavy (non-hydrogen) atoms. The molecule has 0 saturated heterocycles. The third-order valence-corrected chi connectivity index (χ3v) is 7.85. The first kappa shape index (κ1) is 32.0. The van der Waals surface area contributed by atoms with E-state index in [1.165, 1.54) is 24.8 Å². The average molecular weight is 651 g/mol. The monoisotopic (exact) mass is 650 g/mol. The fourth-order valence-corrected chi connectivity index (χ4v) is 5.50. The molecule has 2 heterocycles. The van der Waals surface area contributed by atoms with Gasteiger partial charge in [0.15, 0.2) is 0 Å². The molecule has 0 aliphatic heterocycles. The van der Waals surface area contributed by atoms with Crippen molar-refractivity contribution >= 4 is 22.8 Å². The maximum atomic E-state index is 13.9. The second-order valence-electron chi connectivity index (χ2n) is 11.2. The van der Waals surface area contributed by atoms with Crippen molar-refractivity contribution in [2.45, 2.75) is 31.7 Å². The van der Waals surface area contributed by atoms with Crippen LogP contribution >= 0.6 is 0 Å². The molecule has 11 heteroatoms. The van der Waals surface area contributed by atoms with Gasteiger partial charge in [-0.15, -0.1) is 0 Å². The molecule has 0 bridgehead atoms. The molecular weight excluding hydrogens is 621 g/mol. The van der Waals surface area contributed by atoms with Crippen LogP contribution in [0.1, 0.15) is 38.3 Å². The van der Waals surface area contributed by atoms with Gasteiger partial charge in [0.2, 0.25) is 0 Å². The fraction of sp³-hybridized carbons (Fsp3) is 0.135. The third-order valence-electron chi connectivity index (χ3n) is 7.85. The zero-order valence-electron chi connectivity index (χ0n) is 25.4. The lowest BCUT2D eigenvalue weighted by Crippen LogP contribution is -2.42. The number of alkyl halides is 3. The highest BCUT2D eigenvalue weighted by Crippen LogP contribution is 2.39. The van der Waals surface area contributed by atoms with Gasteiger partial charge in [0.25, 0.3) is 5.91 Å². The lowest BCUT2D eigenvalue weighted by atomic mass is 9.92. The Bertz CT molecular complexity index is 2050. The SMILES string of the molecule is O=C(NC(Cc1cnc[nH]1)C(=O)O)c1ccc(COc2cccc(-c3c(Cc4ccccc4)cnc4c(C(F)(F)F)cccc34)c2)cc1. The normalized spacial score (nSPS) is 12.1. The van der Waals surface area contributed by atoms with Gasteiger partial charge >= 0.3 is 12.1 Å². The van der Waals surface area contributed by atoms with Crippen LogP contribution in [0.15, 0.2) is 116 Å². The van der Waals surface area contributed by atoms with Crippen molar-refractivity contribution < 1.29 is 32.6 Å². The molecule has 8 nitrogen and oxygen atoms in total. The number of benzene rings is 4. The number of rotatable bonds is 11. The Labute approximate surface area is 273 Å². The quantitative estimate of drug-likeness (QED) is 0.136. The summed E-state index contributed by atoms with van der Waals surface area (Å²) in [6, 6.07) is 26.3. The predicted octanol–water partition coefficient (Wildman–Crippen LogP) is 7.24. The smallest absolute Gasteiger partial charge is 0.418 e. The van der Waals surface area contributed by atoms with Crippen LogP contribution < -0.4 is 10.1 Å². The maximum absolute atomic E-state index is 13.9. The van der Waals surface area contributed by atoms with Gasteiger partial charge in [0.1, 0.15) is 18.4 Å². The summed E-state index contributed by atoms with van der Waals surface area (Å²) in [7, 11) is 0. The first-order valence-electron chi connectivity index (χ1n) is 15.0. The van der Waals surface area contributed by atoms with Crippen molar-refractivity contribution in [3.05, 3.63) is 149 Å². The number of H-pyrrole nitrogens is 1. The molecular formula is C37H29F3N4O4. The Hall–Kier alpha value is -5.97. The number of nitrogens with zero attached hydrogens (tertiary/aromatic N) is 2. The second-order valence-corrected chi connectivity index (χ2v) is 11.2. The molecule has 0 radical (unpaired) electrons. The van der Waals surface area contributed by atoms with E-state index in [9.17, 15) is 27.9 Å². The topological polar surface area (TPSA) is 117 Å². The van der Waals surface area contributed by atoms with Gasteiger partial charge < -0.3 is 20.1 Å². The Balaban J connectivity index is 1.22. The standard InChI is InChI=1S/C37H29F3N4O4/c38-37(39,40)31-11-5-10-30-33(27(19-42-34(30)31)16-23-6-2-1-3-7-23)26-8-4-9-29(17-26)48-21-24-12-14-25(15-13-24)35(45)44-32(36(46)47)18-28-20-41-22-43-28/h1-15,17,19-20,22,32H,16,18,21H2,(H,41,43)(H,44,45)(H,46,47). The van der Waals surface area contributed by atoms with Gasteiger partial charge in [-0.2, -0.15) is 13.2 Å². The van der Waals surface area contributed by atoms with Crippen molar-refractivity contribution in [1.82, 2.24) is 20.3 Å². The Kier molecular flexibility index (Phi) is 9.20. The van der Waals surface area contributed by atoms with E-state index in [0.29, 0.717) is 34.4 Å². The summed E-state index contributed by atoms with van der Waals surface area (Å²) in [5.74, 6) is -1.20. The first-order valence-corrected chi connectivity index (χ1v) is 15.0. The van der Waals surface area contributed by atoms with Gasteiger partial charge in [0, 0.05) is 35.5 Å². The number of fused-ring (bicyclic) bond motifs is 1. The largest absolute Gasteiger partial charge is 0.489 e. The Morgan fingerprint density at radius 2 is 1.67 bits per heavy atom. The predicted molar refractivity (Wildman–Crippen MR) is 173 cm³/mol. The minimum atomic E-state index is -4.57. The van der Waals surface area contributed by atoms with Gasteiger partial charge in [-0.3, -0.25) is 9.78 Å². The molecule has 6 aromatic rings. The Morgan fingerprint density at radius 1 is 0.896 bits per heavy atom. The minimum Gasteiger partial charge on any atom is -0.489 e. The molecule has 4 aromatic carbocycles. The van der Waals surface area contributed by atoms with Crippen molar-refractivity contribution in [2.24, 2.45) is 0 Å². The number of hydrogen-bond acceptors (Lipinski definition) is 5. The first-order chi connectivity index (χ1) is 23.2. The van der Waals surface area contributed by atoms with Crippen LogP contribution in [0.4, 0.5) is 13.2 Å². The molecule has 3 N–H and O–H groups in total.